The lowest BCUT2D eigenvalue weighted by atomic mass is 9.91. The van der Waals surface area contributed by atoms with Crippen molar-refractivity contribution < 1.29 is 0 Å². The Bertz CT molecular complexity index is 329. The molecule has 0 radical (unpaired) electrons. The highest BCUT2D eigenvalue weighted by Crippen LogP contribution is 2.23. The van der Waals surface area contributed by atoms with E-state index in [0.29, 0.717) is 18.1 Å². The van der Waals surface area contributed by atoms with Crippen molar-refractivity contribution in [3.8, 4) is 0 Å². The van der Waals surface area contributed by atoms with Gasteiger partial charge < -0.3 is 16.0 Å². The Morgan fingerprint density at radius 1 is 1.39 bits per heavy atom. The van der Waals surface area contributed by atoms with Crippen LogP contribution in [0, 0.1) is 0 Å². The minimum absolute atomic E-state index is 0.435. The highest BCUT2D eigenvalue weighted by Gasteiger charge is 2.21. The molecule has 1 aromatic heterocycles. The second-order valence-electron chi connectivity index (χ2n) is 5.51. The van der Waals surface area contributed by atoms with Crippen molar-refractivity contribution >= 4 is 11.3 Å². The summed E-state index contributed by atoms with van der Waals surface area (Å²) in [6.45, 7) is 1.04. The maximum atomic E-state index is 5.94. The van der Waals surface area contributed by atoms with Gasteiger partial charge in [0.15, 0.2) is 0 Å². The Balaban J connectivity index is 1.83. The van der Waals surface area contributed by atoms with E-state index in [1.54, 1.807) is 0 Å². The minimum Gasteiger partial charge on any atom is -0.328 e. The number of hydrogen-bond donors (Lipinski definition) is 2. The molecule has 1 heterocycles. The fraction of sp³-hybridized carbons (Fsp3) is 0.714. The van der Waals surface area contributed by atoms with Crippen LogP contribution in [-0.4, -0.2) is 37.6 Å². The molecule has 0 amide bonds. The molecule has 1 fully saturated rings. The van der Waals surface area contributed by atoms with Crippen LogP contribution in [0.25, 0.3) is 0 Å². The zero-order chi connectivity index (χ0) is 13.0. The van der Waals surface area contributed by atoms with E-state index in [1.807, 2.05) is 11.3 Å². The molecule has 0 spiro atoms. The molecular formula is C14H25N3S. The van der Waals surface area contributed by atoms with Gasteiger partial charge in [-0.15, -0.1) is 11.3 Å². The largest absolute Gasteiger partial charge is 0.328 e. The van der Waals surface area contributed by atoms with Crippen LogP contribution in [0.1, 0.15) is 36.6 Å². The molecule has 1 unspecified atom stereocenters. The van der Waals surface area contributed by atoms with Crippen LogP contribution in [0.5, 0.6) is 0 Å². The molecule has 3 N–H and O–H groups in total. The minimum atomic E-state index is 0.435. The summed E-state index contributed by atoms with van der Waals surface area (Å²) < 4.78 is 0. The number of hydrogen-bond acceptors (Lipinski definition) is 4. The SMILES string of the molecule is CN(C)C(CNC1CCC(N)CC1)c1cccs1. The Morgan fingerprint density at radius 2 is 2.11 bits per heavy atom. The lowest BCUT2D eigenvalue weighted by Crippen LogP contribution is -2.41. The standard InChI is InChI=1S/C14H25N3S/c1-17(2)13(14-4-3-9-18-14)10-16-12-7-5-11(15)6-8-12/h3-4,9,11-13,16H,5-8,10,15H2,1-2H3. The van der Waals surface area contributed by atoms with Crippen LogP contribution in [0.3, 0.4) is 0 Å². The Hall–Kier alpha value is -0.420. The smallest absolute Gasteiger partial charge is 0.0561 e. The van der Waals surface area contributed by atoms with E-state index in [2.05, 4.69) is 41.8 Å². The van der Waals surface area contributed by atoms with Gasteiger partial charge in [-0.05, 0) is 51.2 Å². The van der Waals surface area contributed by atoms with Crippen LogP contribution in [0.15, 0.2) is 17.5 Å². The van der Waals surface area contributed by atoms with E-state index in [-0.39, 0.29) is 0 Å². The molecule has 102 valence electrons. The lowest BCUT2D eigenvalue weighted by molar-refractivity contribution is 0.263. The normalized spacial score (nSPS) is 26.4. The molecule has 1 saturated carbocycles. The highest BCUT2D eigenvalue weighted by molar-refractivity contribution is 7.10. The average Bonchev–Trinajstić information content (AvgIpc) is 2.85. The fourth-order valence-corrected chi connectivity index (χ4v) is 3.54. The van der Waals surface area contributed by atoms with Gasteiger partial charge in [0, 0.05) is 23.5 Å². The second-order valence-corrected chi connectivity index (χ2v) is 6.49. The third kappa shape index (κ3) is 3.79. The molecule has 1 aliphatic carbocycles. The summed E-state index contributed by atoms with van der Waals surface area (Å²) >= 11 is 1.84. The van der Waals surface area contributed by atoms with Crippen molar-refractivity contribution in [3.05, 3.63) is 22.4 Å². The van der Waals surface area contributed by atoms with Gasteiger partial charge in [0.1, 0.15) is 0 Å². The summed E-state index contributed by atoms with van der Waals surface area (Å²) in [5, 5.41) is 5.88. The quantitative estimate of drug-likeness (QED) is 0.859. The molecule has 1 aliphatic rings. The Labute approximate surface area is 114 Å². The number of thiophene rings is 1. The highest BCUT2D eigenvalue weighted by atomic mass is 32.1. The van der Waals surface area contributed by atoms with Crippen molar-refractivity contribution in [1.29, 1.82) is 0 Å². The number of nitrogens with one attached hydrogen (secondary N) is 1. The van der Waals surface area contributed by atoms with Gasteiger partial charge >= 0.3 is 0 Å². The first-order valence-corrected chi connectivity index (χ1v) is 7.73. The van der Waals surface area contributed by atoms with Gasteiger partial charge in [0.25, 0.3) is 0 Å². The molecule has 1 aromatic rings. The van der Waals surface area contributed by atoms with E-state index in [1.165, 1.54) is 30.6 Å². The average molecular weight is 267 g/mol. The maximum absolute atomic E-state index is 5.94. The fourth-order valence-electron chi connectivity index (χ4n) is 2.62. The molecule has 0 aromatic carbocycles. The van der Waals surface area contributed by atoms with Crippen LogP contribution >= 0.6 is 11.3 Å². The molecule has 4 heteroatoms. The topological polar surface area (TPSA) is 41.3 Å². The summed E-state index contributed by atoms with van der Waals surface area (Å²) in [6, 6.07) is 5.95. The molecule has 0 aliphatic heterocycles. The number of nitrogens with zero attached hydrogens (tertiary/aromatic N) is 1. The van der Waals surface area contributed by atoms with Crippen LogP contribution in [0.4, 0.5) is 0 Å². The van der Waals surface area contributed by atoms with Crippen molar-refractivity contribution in [2.75, 3.05) is 20.6 Å². The van der Waals surface area contributed by atoms with Crippen LogP contribution < -0.4 is 11.1 Å². The van der Waals surface area contributed by atoms with Gasteiger partial charge in [-0.25, -0.2) is 0 Å². The third-order valence-corrected chi connectivity index (χ3v) is 4.84. The first-order chi connectivity index (χ1) is 8.66. The van der Waals surface area contributed by atoms with E-state index < -0.39 is 0 Å². The lowest BCUT2D eigenvalue weighted by Gasteiger charge is -2.30. The summed E-state index contributed by atoms with van der Waals surface area (Å²) in [6.07, 6.45) is 4.80. The van der Waals surface area contributed by atoms with Gasteiger partial charge in [0.05, 0.1) is 6.04 Å². The van der Waals surface area contributed by atoms with Crippen LogP contribution in [-0.2, 0) is 0 Å². The molecular weight excluding hydrogens is 242 g/mol. The zero-order valence-corrected chi connectivity index (χ0v) is 12.2. The van der Waals surface area contributed by atoms with Crippen molar-refractivity contribution in [2.24, 2.45) is 5.73 Å². The molecule has 18 heavy (non-hydrogen) atoms. The Morgan fingerprint density at radius 3 is 2.67 bits per heavy atom. The van der Waals surface area contributed by atoms with Gasteiger partial charge in [-0.3, -0.25) is 0 Å². The van der Waals surface area contributed by atoms with Crippen molar-refractivity contribution in [2.45, 2.75) is 43.8 Å². The van der Waals surface area contributed by atoms with Crippen LogP contribution in [0.2, 0.25) is 0 Å². The Kier molecular flexibility index (Phi) is 5.18. The van der Waals surface area contributed by atoms with Gasteiger partial charge in [-0.2, -0.15) is 0 Å². The molecule has 0 bridgehead atoms. The summed E-state index contributed by atoms with van der Waals surface area (Å²) in [7, 11) is 4.31. The molecule has 2 rings (SSSR count). The van der Waals surface area contributed by atoms with Crippen molar-refractivity contribution in [1.82, 2.24) is 10.2 Å². The van der Waals surface area contributed by atoms with Gasteiger partial charge in [0.2, 0.25) is 0 Å². The van der Waals surface area contributed by atoms with E-state index >= 15 is 0 Å². The number of likely N-dealkylation sites (N-methyl/N-ethyl adjacent to an activating group) is 1. The summed E-state index contributed by atoms with van der Waals surface area (Å²) in [4.78, 5) is 3.74. The molecule has 0 saturated heterocycles. The predicted octanol–water partition coefficient (Wildman–Crippen LogP) is 2.21. The first-order valence-electron chi connectivity index (χ1n) is 6.85. The third-order valence-electron chi connectivity index (χ3n) is 3.87. The van der Waals surface area contributed by atoms with E-state index in [9.17, 15) is 0 Å². The van der Waals surface area contributed by atoms with Gasteiger partial charge in [-0.1, -0.05) is 6.07 Å². The predicted molar refractivity (Wildman–Crippen MR) is 79.0 cm³/mol. The van der Waals surface area contributed by atoms with Crippen molar-refractivity contribution in [3.63, 3.8) is 0 Å². The monoisotopic (exact) mass is 267 g/mol. The molecule has 1 atom stereocenters. The maximum Gasteiger partial charge on any atom is 0.0561 e. The van der Waals surface area contributed by atoms with E-state index in [4.69, 9.17) is 5.73 Å². The molecule has 3 nitrogen and oxygen atoms in total. The number of rotatable bonds is 5. The second kappa shape index (κ2) is 6.66. The first kappa shape index (κ1) is 14.0. The summed E-state index contributed by atoms with van der Waals surface area (Å²) in [5.74, 6) is 0. The number of nitrogens with two attached hydrogens (primary N) is 1. The zero-order valence-electron chi connectivity index (χ0n) is 11.4. The summed E-state index contributed by atoms with van der Waals surface area (Å²) in [5.41, 5.74) is 5.94. The van der Waals surface area contributed by atoms with E-state index in [0.717, 1.165) is 6.54 Å².